The molecule has 0 saturated heterocycles. The van der Waals surface area contributed by atoms with E-state index in [1.165, 1.54) is 68.8 Å². The lowest BCUT2D eigenvalue weighted by Crippen LogP contribution is -2.33. The lowest BCUT2D eigenvalue weighted by atomic mass is 9.77. The number of aromatic hydroxyl groups is 3. The molecule has 0 aliphatic carbocycles. The van der Waals surface area contributed by atoms with Gasteiger partial charge in [0.2, 0.25) is 0 Å². The molecular weight excluding hydrogens is 981 g/mol. The molecule has 0 radical (unpaired) electrons. The molecule has 4 aliphatic rings. The molecule has 0 aromatic heterocycles. The molecule has 65 heavy (non-hydrogen) atoms. The number of benzene rings is 6. The second-order valence-corrected chi connectivity index (χ2v) is 16.9. The number of carbonyl (C=O) groups is 4. The maximum atomic E-state index is 14.3. The molecule has 0 amide bonds. The molecule has 6 aromatic carbocycles. The summed E-state index contributed by atoms with van der Waals surface area (Å²) in [7, 11) is 2.51. The maximum absolute atomic E-state index is 14.3. The number of aromatic carboxylic acids is 1. The van der Waals surface area contributed by atoms with E-state index in [0.717, 1.165) is 6.07 Å². The van der Waals surface area contributed by atoms with E-state index in [1.54, 1.807) is 0 Å². The normalized spacial score (nSPS) is 16.5. The summed E-state index contributed by atoms with van der Waals surface area (Å²) in [6.45, 7) is 0. The Labute approximate surface area is 393 Å². The molecule has 4 aliphatic heterocycles. The third kappa shape index (κ3) is 5.63. The average Bonchev–Trinajstić information content (AvgIpc) is 3.75. The van der Waals surface area contributed by atoms with Crippen LogP contribution in [-0.2, 0) is 20.7 Å². The first-order valence-corrected chi connectivity index (χ1v) is 20.7. The van der Waals surface area contributed by atoms with Crippen LogP contribution in [0, 0.1) is 0 Å². The van der Waals surface area contributed by atoms with Crippen LogP contribution in [0.2, 0.25) is 30.1 Å². The minimum atomic E-state index is -2.06. The van der Waals surface area contributed by atoms with Crippen LogP contribution < -0.4 is 23.7 Å². The molecule has 4 heterocycles. The van der Waals surface area contributed by atoms with Crippen LogP contribution in [0.3, 0.4) is 0 Å². The Hall–Kier alpha value is -6.46. The summed E-state index contributed by atoms with van der Waals surface area (Å²) in [6, 6.07) is 12.6. The monoisotopic (exact) mass is 998 g/mol. The third-order valence-corrected chi connectivity index (χ3v) is 13.3. The van der Waals surface area contributed by atoms with Crippen LogP contribution in [0.25, 0.3) is 0 Å². The molecule has 1 atom stereocenters. The zero-order valence-corrected chi connectivity index (χ0v) is 36.9. The first-order valence-electron chi connectivity index (χ1n) is 18.4. The topological polar surface area (TPSA) is 214 Å². The van der Waals surface area contributed by atoms with Crippen LogP contribution in [0.1, 0.15) is 74.8 Å². The fourth-order valence-corrected chi connectivity index (χ4v) is 9.99. The smallest absolute Gasteiger partial charge is 0.343 e. The van der Waals surface area contributed by atoms with Gasteiger partial charge in [0, 0.05) is 11.1 Å². The number of rotatable bonds is 5. The van der Waals surface area contributed by atoms with E-state index in [4.69, 9.17) is 103 Å². The van der Waals surface area contributed by atoms with E-state index >= 15 is 0 Å². The molecule has 0 saturated carbocycles. The van der Waals surface area contributed by atoms with Gasteiger partial charge in [-0.25, -0.2) is 19.2 Å². The predicted octanol–water partition coefficient (Wildman–Crippen LogP) is 10.8. The Balaban J connectivity index is 1.13. The molecule has 6 aromatic rings. The summed E-state index contributed by atoms with van der Waals surface area (Å²) in [5, 5.41) is 40.0. The van der Waals surface area contributed by atoms with E-state index in [1.807, 2.05) is 0 Å². The van der Waals surface area contributed by atoms with Gasteiger partial charge in [-0.05, 0) is 54.6 Å². The van der Waals surface area contributed by atoms with E-state index in [2.05, 4.69) is 0 Å². The highest BCUT2D eigenvalue weighted by atomic mass is 35.5. The Morgan fingerprint density at radius 1 is 0.538 bits per heavy atom. The van der Waals surface area contributed by atoms with Crippen LogP contribution in [0.5, 0.6) is 57.5 Å². The van der Waals surface area contributed by atoms with Crippen molar-refractivity contribution in [2.45, 2.75) is 11.2 Å². The minimum Gasteiger partial charge on any atom is -0.505 e. The van der Waals surface area contributed by atoms with Gasteiger partial charge in [0.15, 0.2) is 68.7 Å². The van der Waals surface area contributed by atoms with E-state index in [9.17, 15) is 39.6 Å². The Morgan fingerprint density at radius 2 is 1.02 bits per heavy atom. The predicted molar refractivity (Wildman–Crippen MR) is 229 cm³/mol. The molecule has 2 spiro atoms. The number of carboxylic acid groups (broad SMARTS) is 1. The van der Waals surface area contributed by atoms with Crippen LogP contribution in [0.4, 0.5) is 0 Å². The highest BCUT2D eigenvalue weighted by Crippen LogP contribution is 2.65. The van der Waals surface area contributed by atoms with Crippen molar-refractivity contribution in [3.63, 3.8) is 0 Å². The number of carbonyl (C=O) groups excluding carboxylic acids is 3. The second-order valence-electron chi connectivity index (χ2n) is 14.6. The zero-order chi connectivity index (χ0) is 46.3. The molecule has 21 heteroatoms. The number of phenolic OH excluding ortho intramolecular Hbond substituents is 3. The number of methoxy groups -OCH3 is 2. The average molecular weight is 1000 g/mol. The van der Waals surface area contributed by atoms with Crippen molar-refractivity contribution in [2.24, 2.45) is 0 Å². The van der Waals surface area contributed by atoms with Gasteiger partial charge in [-0.2, -0.15) is 0 Å². The molecule has 0 fully saturated rings. The van der Waals surface area contributed by atoms with Gasteiger partial charge < -0.3 is 53.6 Å². The summed E-state index contributed by atoms with van der Waals surface area (Å²) in [4.78, 5) is 53.6. The number of phenols is 3. The van der Waals surface area contributed by atoms with E-state index in [0.29, 0.717) is 0 Å². The van der Waals surface area contributed by atoms with E-state index < -0.39 is 68.1 Å². The summed E-state index contributed by atoms with van der Waals surface area (Å²) in [5.74, 6) is -7.76. The number of ether oxygens (including phenoxy) is 7. The van der Waals surface area contributed by atoms with Crippen LogP contribution in [0.15, 0.2) is 60.7 Å². The fourth-order valence-electron chi connectivity index (χ4n) is 8.46. The minimum absolute atomic E-state index is 0.00758. The molecule has 10 rings (SSSR count). The highest BCUT2D eigenvalue weighted by Gasteiger charge is 2.58. The lowest BCUT2D eigenvalue weighted by molar-refractivity contribution is 0.0213. The number of carboxylic acids is 1. The maximum Gasteiger partial charge on any atom is 0.343 e. The molecule has 15 nitrogen and oxygen atoms in total. The van der Waals surface area contributed by atoms with Crippen LogP contribution in [-0.4, -0.2) is 58.5 Å². The number of hydrogen-bond donors (Lipinski definition) is 4. The van der Waals surface area contributed by atoms with Crippen molar-refractivity contribution < 1.29 is 72.8 Å². The summed E-state index contributed by atoms with van der Waals surface area (Å²) in [5.41, 5.74) is -4.58. The van der Waals surface area contributed by atoms with Crippen LogP contribution >= 0.6 is 69.6 Å². The summed E-state index contributed by atoms with van der Waals surface area (Å²) >= 11 is 40.1. The van der Waals surface area contributed by atoms with Gasteiger partial charge in [0.1, 0.15) is 20.1 Å². The van der Waals surface area contributed by atoms with Crippen molar-refractivity contribution in [3.05, 3.63) is 146 Å². The van der Waals surface area contributed by atoms with Gasteiger partial charge in [0.05, 0.1) is 68.8 Å². The number of halogens is 6. The Kier molecular flexibility index (Phi) is 9.49. The quantitative estimate of drug-likeness (QED) is 0.0934. The summed E-state index contributed by atoms with van der Waals surface area (Å²) < 4.78 is 41.1. The van der Waals surface area contributed by atoms with Crippen molar-refractivity contribution in [1.82, 2.24) is 0 Å². The Bertz CT molecular complexity index is 3210. The van der Waals surface area contributed by atoms with Crippen molar-refractivity contribution in [2.75, 3.05) is 14.2 Å². The zero-order valence-electron chi connectivity index (χ0n) is 32.3. The van der Waals surface area contributed by atoms with Gasteiger partial charge >= 0.3 is 23.9 Å². The largest absolute Gasteiger partial charge is 0.505 e. The molecule has 0 bridgehead atoms. The van der Waals surface area contributed by atoms with Crippen molar-refractivity contribution in [3.8, 4) is 57.5 Å². The van der Waals surface area contributed by atoms with Crippen molar-refractivity contribution >= 4 is 93.5 Å². The number of hydrogen-bond acceptors (Lipinski definition) is 14. The lowest BCUT2D eigenvalue weighted by Gasteiger charge is -2.38. The standard InChI is InChI=1S/C44H20Cl6O15/c1-59-25-11-21-35(28(48)32(25)52)61-36-22(12-26(60-2)33(53)29(36)49)44(21)18-8-14(3-5-15(18)41(57)64-44)40(56)63-38-24(46)10-20-37(30(38)50)62-34-19(9-23(45)31(51)27(34)47)43(20)17-6-4-13(39(54)55)7-16(17)42(58)65-43/h3-12,51-53H,1-2H3,(H,54,55). The molecule has 328 valence electrons. The first-order chi connectivity index (χ1) is 30.9. The van der Waals surface area contributed by atoms with Gasteiger partial charge in [0.25, 0.3) is 0 Å². The third-order valence-electron chi connectivity index (χ3n) is 11.4. The molecule has 1 unspecified atom stereocenters. The van der Waals surface area contributed by atoms with Gasteiger partial charge in [-0.15, -0.1) is 0 Å². The summed E-state index contributed by atoms with van der Waals surface area (Å²) in [6.07, 6.45) is 0. The molecular formula is C44H20Cl6O15. The van der Waals surface area contributed by atoms with Gasteiger partial charge in [-0.3, -0.25) is 0 Å². The van der Waals surface area contributed by atoms with E-state index in [-0.39, 0.29) is 110 Å². The first kappa shape index (κ1) is 42.5. The van der Waals surface area contributed by atoms with Crippen molar-refractivity contribution in [1.29, 1.82) is 0 Å². The SMILES string of the molecule is COc1cc2c(c(Cl)c1O)Oc1c(cc(OC)c(O)c1Cl)C21OC(=O)c2ccc(C(=O)Oc3c(Cl)cc4c(c3Cl)Oc3c(cc(Cl)c(O)c3Cl)C43OC(=O)c4cc(C(=O)O)ccc43)cc21. The second kappa shape index (κ2) is 14.5. The fraction of sp³-hybridized carbons (Fsp3) is 0.0909. The number of fused-ring (bicyclic) bond motifs is 12. The van der Waals surface area contributed by atoms with Gasteiger partial charge in [-0.1, -0.05) is 75.7 Å². The highest BCUT2D eigenvalue weighted by molar-refractivity contribution is 6.40. The Morgan fingerprint density at radius 3 is 1.57 bits per heavy atom. The number of esters is 3. The molecule has 4 N–H and O–H groups in total.